The fraction of sp³-hybridized carbons (Fsp3) is 0.273. The molecule has 2 rings (SSSR count). The fourth-order valence-electron chi connectivity index (χ4n) is 2.37. The van der Waals surface area contributed by atoms with Crippen LogP contribution in [0, 0.1) is 0 Å². The van der Waals surface area contributed by atoms with Crippen molar-refractivity contribution in [2.45, 2.75) is 31.7 Å². The Bertz CT molecular complexity index is 1020. The van der Waals surface area contributed by atoms with E-state index in [4.69, 9.17) is 9.47 Å². The van der Waals surface area contributed by atoms with Gasteiger partial charge in [-0.2, -0.15) is 17.6 Å². The number of alkyl halides is 4. The highest BCUT2D eigenvalue weighted by Gasteiger charge is 2.44. The van der Waals surface area contributed by atoms with Crippen molar-refractivity contribution in [3.05, 3.63) is 59.7 Å². The second-order valence-electron chi connectivity index (χ2n) is 6.66. The first-order valence-electron chi connectivity index (χ1n) is 9.42. The Morgan fingerprint density at radius 3 is 2.24 bits per heavy atom. The van der Waals surface area contributed by atoms with E-state index >= 15 is 0 Å². The molecule has 0 saturated carbocycles. The van der Waals surface area contributed by atoms with Crippen LogP contribution in [-0.4, -0.2) is 47.4 Å². The molecule has 11 heteroatoms. The number of carbonyl (C=O) groups excluding carboxylic acids is 2. The minimum absolute atomic E-state index is 0.0113. The SMILES string of the molecule is CCC(O)(O)C(=O)/C=C/c1ccc(OC(=O)c2ccc(OC(F)(F)C(F)F)cc2)c(OC)c1. The Morgan fingerprint density at radius 1 is 1.06 bits per heavy atom. The van der Waals surface area contributed by atoms with Crippen molar-refractivity contribution in [2.24, 2.45) is 0 Å². The summed E-state index contributed by atoms with van der Waals surface area (Å²) in [6.45, 7) is 1.43. The summed E-state index contributed by atoms with van der Waals surface area (Å²) in [5.41, 5.74) is 0.342. The smallest absolute Gasteiger partial charge is 0.461 e. The van der Waals surface area contributed by atoms with E-state index in [1.54, 1.807) is 0 Å². The minimum Gasteiger partial charge on any atom is -0.493 e. The van der Waals surface area contributed by atoms with Crippen molar-refractivity contribution >= 4 is 17.8 Å². The van der Waals surface area contributed by atoms with E-state index < -0.39 is 35.8 Å². The number of halogens is 4. The molecule has 0 bridgehead atoms. The molecule has 0 amide bonds. The zero-order valence-electron chi connectivity index (χ0n) is 17.4. The predicted octanol–water partition coefficient (Wildman–Crippen LogP) is 3.82. The highest BCUT2D eigenvalue weighted by Crippen LogP contribution is 2.30. The number of aliphatic hydroxyl groups is 2. The lowest BCUT2D eigenvalue weighted by Gasteiger charge is -2.16. The Hall–Kier alpha value is -3.44. The van der Waals surface area contributed by atoms with Crippen LogP contribution >= 0.6 is 0 Å². The van der Waals surface area contributed by atoms with E-state index in [0.29, 0.717) is 5.56 Å². The third-order valence-corrected chi connectivity index (χ3v) is 4.30. The van der Waals surface area contributed by atoms with Gasteiger partial charge in [0.2, 0.25) is 11.6 Å². The number of ether oxygens (including phenoxy) is 3. The summed E-state index contributed by atoms with van der Waals surface area (Å²) in [6.07, 6.45) is -6.61. The zero-order chi connectivity index (χ0) is 24.8. The molecule has 2 aromatic rings. The molecular weight excluding hydrogens is 452 g/mol. The van der Waals surface area contributed by atoms with Crippen molar-refractivity contribution in [3.63, 3.8) is 0 Å². The van der Waals surface area contributed by atoms with Crippen LogP contribution in [0.5, 0.6) is 17.2 Å². The Balaban J connectivity index is 2.12. The first-order valence-corrected chi connectivity index (χ1v) is 9.42. The van der Waals surface area contributed by atoms with Gasteiger partial charge in [-0.1, -0.05) is 19.1 Å². The molecule has 0 atom stereocenters. The van der Waals surface area contributed by atoms with Gasteiger partial charge in [-0.05, 0) is 48.0 Å². The van der Waals surface area contributed by atoms with E-state index in [1.807, 2.05) is 0 Å². The Kier molecular flexibility index (Phi) is 8.18. The molecule has 2 aromatic carbocycles. The number of esters is 1. The van der Waals surface area contributed by atoms with Crippen molar-refractivity contribution < 1.29 is 51.6 Å². The molecule has 0 spiro atoms. The van der Waals surface area contributed by atoms with Crippen LogP contribution in [0.25, 0.3) is 6.08 Å². The van der Waals surface area contributed by atoms with Gasteiger partial charge in [0.05, 0.1) is 12.7 Å². The monoisotopic (exact) mass is 472 g/mol. The first-order chi connectivity index (χ1) is 15.4. The van der Waals surface area contributed by atoms with Crippen LogP contribution in [0.3, 0.4) is 0 Å². The average molecular weight is 472 g/mol. The molecule has 7 nitrogen and oxygen atoms in total. The highest BCUT2D eigenvalue weighted by molar-refractivity contribution is 5.98. The lowest BCUT2D eigenvalue weighted by molar-refractivity contribution is -0.253. The lowest BCUT2D eigenvalue weighted by Crippen LogP contribution is -2.36. The zero-order valence-corrected chi connectivity index (χ0v) is 17.4. The number of hydrogen-bond donors (Lipinski definition) is 2. The molecule has 0 radical (unpaired) electrons. The van der Waals surface area contributed by atoms with Gasteiger partial charge < -0.3 is 24.4 Å². The standard InChI is InChI=1S/C22H20F4O7/c1-3-21(29,30)18(27)11-5-13-4-10-16(17(12-13)31-2)32-19(28)14-6-8-15(9-7-14)33-22(25,26)20(23)24/h4-12,20,29-30H,3H2,1-2H3/b11-5+. The third kappa shape index (κ3) is 6.77. The quantitative estimate of drug-likeness (QED) is 0.178. The van der Waals surface area contributed by atoms with Gasteiger partial charge in [0, 0.05) is 6.42 Å². The number of carbonyl (C=O) groups is 2. The van der Waals surface area contributed by atoms with Crippen molar-refractivity contribution in [1.82, 2.24) is 0 Å². The summed E-state index contributed by atoms with van der Waals surface area (Å²) in [5, 5.41) is 19.0. The fourth-order valence-corrected chi connectivity index (χ4v) is 2.37. The van der Waals surface area contributed by atoms with Crippen LogP contribution in [0.1, 0.15) is 29.3 Å². The number of hydrogen-bond acceptors (Lipinski definition) is 7. The summed E-state index contributed by atoms with van der Waals surface area (Å²) in [5.74, 6) is -4.78. The number of methoxy groups -OCH3 is 1. The van der Waals surface area contributed by atoms with Gasteiger partial charge in [0.25, 0.3) is 0 Å². The maximum absolute atomic E-state index is 12.9. The average Bonchev–Trinajstić information content (AvgIpc) is 2.78. The van der Waals surface area contributed by atoms with Crippen LogP contribution in [0.4, 0.5) is 17.6 Å². The molecule has 178 valence electrons. The van der Waals surface area contributed by atoms with Gasteiger partial charge in [-0.15, -0.1) is 0 Å². The molecule has 0 aliphatic rings. The molecule has 0 heterocycles. The van der Waals surface area contributed by atoms with Crippen molar-refractivity contribution in [3.8, 4) is 17.2 Å². The van der Waals surface area contributed by atoms with E-state index in [2.05, 4.69) is 4.74 Å². The van der Waals surface area contributed by atoms with Crippen LogP contribution in [-0.2, 0) is 4.79 Å². The molecule has 0 fully saturated rings. The summed E-state index contributed by atoms with van der Waals surface area (Å²) in [7, 11) is 1.30. The van der Waals surface area contributed by atoms with E-state index in [0.717, 1.165) is 30.3 Å². The van der Waals surface area contributed by atoms with Crippen LogP contribution < -0.4 is 14.2 Å². The van der Waals surface area contributed by atoms with Crippen molar-refractivity contribution in [2.75, 3.05) is 7.11 Å². The van der Waals surface area contributed by atoms with Crippen molar-refractivity contribution in [1.29, 1.82) is 0 Å². The maximum Gasteiger partial charge on any atom is 0.461 e. The van der Waals surface area contributed by atoms with Gasteiger partial charge in [-0.3, -0.25) is 4.79 Å². The summed E-state index contributed by atoms with van der Waals surface area (Å²) in [4.78, 5) is 24.1. The summed E-state index contributed by atoms with van der Waals surface area (Å²) < 4.78 is 64.6. The van der Waals surface area contributed by atoms with Crippen LogP contribution in [0.15, 0.2) is 48.5 Å². The predicted molar refractivity (Wildman–Crippen MR) is 107 cm³/mol. The maximum atomic E-state index is 12.9. The van der Waals surface area contributed by atoms with E-state index in [-0.39, 0.29) is 23.5 Å². The summed E-state index contributed by atoms with van der Waals surface area (Å²) in [6, 6.07) is 8.16. The van der Waals surface area contributed by atoms with E-state index in [1.165, 1.54) is 38.3 Å². The van der Waals surface area contributed by atoms with Gasteiger partial charge in [0.1, 0.15) is 5.75 Å². The minimum atomic E-state index is -4.68. The molecule has 0 aliphatic heterocycles. The molecular formula is C22H20F4O7. The third-order valence-electron chi connectivity index (χ3n) is 4.30. The Labute approximate surface area is 185 Å². The molecule has 0 saturated heterocycles. The second-order valence-corrected chi connectivity index (χ2v) is 6.66. The molecule has 2 N–H and O–H groups in total. The van der Waals surface area contributed by atoms with Gasteiger partial charge >= 0.3 is 18.5 Å². The lowest BCUT2D eigenvalue weighted by atomic mass is 10.1. The summed E-state index contributed by atoms with van der Waals surface area (Å²) >= 11 is 0. The number of benzene rings is 2. The molecule has 0 unspecified atom stereocenters. The molecule has 33 heavy (non-hydrogen) atoms. The largest absolute Gasteiger partial charge is 0.493 e. The normalized spacial score (nSPS) is 12.2. The second kappa shape index (κ2) is 10.5. The molecule has 0 aliphatic carbocycles. The Morgan fingerprint density at radius 2 is 1.70 bits per heavy atom. The molecule has 0 aromatic heterocycles. The highest BCUT2D eigenvalue weighted by atomic mass is 19.3. The van der Waals surface area contributed by atoms with Gasteiger partial charge in [-0.25, -0.2) is 4.79 Å². The number of ketones is 1. The first kappa shape index (κ1) is 25.8. The topological polar surface area (TPSA) is 102 Å². The van der Waals surface area contributed by atoms with Crippen LogP contribution in [0.2, 0.25) is 0 Å². The number of rotatable bonds is 10. The van der Waals surface area contributed by atoms with E-state index in [9.17, 15) is 37.4 Å². The van der Waals surface area contributed by atoms with Gasteiger partial charge in [0.15, 0.2) is 11.5 Å².